The van der Waals surface area contributed by atoms with E-state index in [9.17, 15) is 14.4 Å². The van der Waals surface area contributed by atoms with E-state index in [1.807, 2.05) is 35.2 Å². The summed E-state index contributed by atoms with van der Waals surface area (Å²) < 4.78 is 0. The number of rotatable bonds is 3. The molecule has 1 N–H and O–H groups in total. The van der Waals surface area contributed by atoms with Crippen LogP contribution >= 0.6 is 0 Å². The molecule has 0 aromatic heterocycles. The first-order chi connectivity index (χ1) is 15.6. The summed E-state index contributed by atoms with van der Waals surface area (Å²) in [5.41, 5.74) is 0.785. The van der Waals surface area contributed by atoms with Crippen molar-refractivity contribution in [2.75, 3.05) is 44.6 Å². The van der Waals surface area contributed by atoms with Gasteiger partial charge in [-0.15, -0.1) is 0 Å². The Morgan fingerprint density at radius 3 is 1.62 bits per heavy atom. The molecule has 0 radical (unpaired) electrons. The summed E-state index contributed by atoms with van der Waals surface area (Å²) in [7, 11) is 0. The minimum atomic E-state index is -0.102. The lowest BCUT2D eigenvalue weighted by molar-refractivity contribution is -0.143. The number of carbonyl (C=O) groups excluding carboxylic acids is 3. The van der Waals surface area contributed by atoms with Crippen LogP contribution in [0.4, 0.5) is 10.5 Å². The van der Waals surface area contributed by atoms with Crippen LogP contribution in [0.3, 0.4) is 0 Å². The second-order valence-corrected chi connectivity index (χ2v) is 9.40. The molecule has 7 nitrogen and oxygen atoms in total. The molecule has 1 aromatic rings. The highest BCUT2D eigenvalue weighted by Crippen LogP contribution is 2.26. The van der Waals surface area contributed by atoms with E-state index >= 15 is 0 Å². The summed E-state index contributed by atoms with van der Waals surface area (Å²) in [5.74, 6) is 0.555. The third-order valence-corrected chi connectivity index (χ3v) is 7.23. The average Bonchev–Trinajstić information content (AvgIpc) is 3.14. The average molecular weight is 441 g/mol. The second kappa shape index (κ2) is 10.8. The Kier molecular flexibility index (Phi) is 7.66. The van der Waals surface area contributed by atoms with Crippen molar-refractivity contribution in [3.05, 3.63) is 30.3 Å². The summed E-state index contributed by atoms with van der Waals surface area (Å²) in [6, 6.07) is 9.34. The highest BCUT2D eigenvalue weighted by molar-refractivity contribution is 5.89. The molecule has 0 atom stereocenters. The van der Waals surface area contributed by atoms with E-state index in [0.717, 1.165) is 44.5 Å². The third kappa shape index (κ3) is 5.61. The van der Waals surface area contributed by atoms with Gasteiger partial charge in [-0.1, -0.05) is 31.0 Å². The number of para-hydroxylation sites is 1. The Bertz CT molecular complexity index is 776. The SMILES string of the molecule is O=C(Nc1ccccc1)N1CCC(C(=O)N2CCC(C(=O)N3CCCCCC3)CC2)CC1. The van der Waals surface area contributed by atoms with Crippen LogP contribution in [0.15, 0.2) is 30.3 Å². The molecule has 3 fully saturated rings. The fourth-order valence-electron chi connectivity index (χ4n) is 5.21. The van der Waals surface area contributed by atoms with Gasteiger partial charge in [-0.3, -0.25) is 9.59 Å². The molecule has 3 aliphatic rings. The first kappa shape index (κ1) is 22.6. The highest BCUT2D eigenvalue weighted by Gasteiger charge is 2.34. The monoisotopic (exact) mass is 440 g/mol. The van der Waals surface area contributed by atoms with Gasteiger partial charge in [-0.05, 0) is 50.7 Å². The normalized spacial score (nSPS) is 21.2. The first-order valence-electron chi connectivity index (χ1n) is 12.3. The molecule has 3 heterocycles. The quantitative estimate of drug-likeness (QED) is 0.781. The molecular weight excluding hydrogens is 404 g/mol. The zero-order chi connectivity index (χ0) is 22.3. The lowest BCUT2D eigenvalue weighted by atomic mass is 9.91. The number of nitrogens with one attached hydrogen (secondary N) is 1. The number of likely N-dealkylation sites (tertiary alicyclic amines) is 3. The molecular formula is C25H36N4O3. The number of benzene rings is 1. The van der Waals surface area contributed by atoms with E-state index in [0.29, 0.717) is 44.9 Å². The van der Waals surface area contributed by atoms with Crippen LogP contribution < -0.4 is 5.32 Å². The molecule has 7 heteroatoms. The first-order valence-corrected chi connectivity index (χ1v) is 12.3. The van der Waals surface area contributed by atoms with Crippen LogP contribution in [0, 0.1) is 11.8 Å². The van der Waals surface area contributed by atoms with Gasteiger partial charge in [0.1, 0.15) is 0 Å². The number of carbonyl (C=O) groups is 3. The largest absolute Gasteiger partial charge is 0.342 e. The van der Waals surface area contributed by atoms with Gasteiger partial charge in [0.25, 0.3) is 0 Å². The summed E-state index contributed by atoms with van der Waals surface area (Å²) in [5, 5.41) is 2.92. The predicted octanol–water partition coefficient (Wildman–Crippen LogP) is 3.57. The van der Waals surface area contributed by atoms with Gasteiger partial charge in [0.15, 0.2) is 0 Å². The number of piperidine rings is 2. The van der Waals surface area contributed by atoms with Gasteiger partial charge in [0.05, 0.1) is 0 Å². The smallest absolute Gasteiger partial charge is 0.321 e. The van der Waals surface area contributed by atoms with Crippen LogP contribution in [0.1, 0.15) is 51.4 Å². The predicted molar refractivity (Wildman–Crippen MR) is 124 cm³/mol. The molecule has 3 aliphatic heterocycles. The van der Waals surface area contributed by atoms with Crippen LogP contribution in [0.2, 0.25) is 0 Å². The van der Waals surface area contributed by atoms with Crippen molar-refractivity contribution in [3.63, 3.8) is 0 Å². The van der Waals surface area contributed by atoms with Crippen molar-refractivity contribution in [1.29, 1.82) is 0 Å². The van der Waals surface area contributed by atoms with Gasteiger partial charge in [0.2, 0.25) is 11.8 Å². The number of hydrogen-bond donors (Lipinski definition) is 1. The summed E-state index contributed by atoms with van der Waals surface area (Å²) in [6.45, 7) is 4.34. The number of urea groups is 1. The minimum Gasteiger partial charge on any atom is -0.342 e. The van der Waals surface area contributed by atoms with Gasteiger partial charge >= 0.3 is 6.03 Å². The molecule has 0 saturated carbocycles. The highest BCUT2D eigenvalue weighted by atomic mass is 16.2. The Morgan fingerprint density at radius 2 is 1.09 bits per heavy atom. The number of hydrogen-bond acceptors (Lipinski definition) is 3. The topological polar surface area (TPSA) is 73.0 Å². The molecule has 32 heavy (non-hydrogen) atoms. The van der Waals surface area contributed by atoms with Crippen LogP contribution in [-0.4, -0.2) is 71.8 Å². The Balaban J connectivity index is 1.20. The number of anilines is 1. The van der Waals surface area contributed by atoms with Gasteiger partial charge in [-0.25, -0.2) is 4.79 Å². The van der Waals surface area contributed by atoms with Gasteiger partial charge < -0.3 is 20.0 Å². The standard InChI is InChI=1S/C25H36N4O3/c30-23(27-14-6-1-2-7-15-27)20-10-16-28(17-11-20)24(31)21-12-18-29(19-13-21)25(32)26-22-8-4-3-5-9-22/h3-5,8-9,20-21H,1-2,6-7,10-19H2,(H,26,32). The fourth-order valence-corrected chi connectivity index (χ4v) is 5.21. The fraction of sp³-hybridized carbons (Fsp3) is 0.640. The zero-order valence-corrected chi connectivity index (χ0v) is 19.0. The summed E-state index contributed by atoms with van der Waals surface area (Å²) >= 11 is 0. The summed E-state index contributed by atoms with van der Waals surface area (Å²) in [6.07, 6.45) is 7.64. The van der Waals surface area contributed by atoms with Crippen molar-refractivity contribution >= 4 is 23.5 Å². The lowest BCUT2D eigenvalue weighted by Gasteiger charge is -2.38. The zero-order valence-electron chi connectivity index (χ0n) is 19.0. The van der Waals surface area contributed by atoms with Crippen molar-refractivity contribution in [2.45, 2.75) is 51.4 Å². The third-order valence-electron chi connectivity index (χ3n) is 7.23. The minimum absolute atomic E-state index is 0.0198. The van der Waals surface area contributed by atoms with E-state index in [2.05, 4.69) is 10.2 Å². The van der Waals surface area contributed by atoms with E-state index in [1.54, 1.807) is 4.90 Å². The van der Waals surface area contributed by atoms with E-state index in [1.165, 1.54) is 12.8 Å². The van der Waals surface area contributed by atoms with Crippen LogP contribution in [0.25, 0.3) is 0 Å². The van der Waals surface area contributed by atoms with Crippen molar-refractivity contribution in [3.8, 4) is 0 Å². The number of nitrogens with zero attached hydrogens (tertiary/aromatic N) is 3. The molecule has 4 rings (SSSR count). The summed E-state index contributed by atoms with van der Waals surface area (Å²) in [4.78, 5) is 44.2. The van der Waals surface area contributed by atoms with Crippen LogP contribution in [-0.2, 0) is 9.59 Å². The maximum Gasteiger partial charge on any atom is 0.321 e. The van der Waals surface area contributed by atoms with Crippen molar-refractivity contribution in [1.82, 2.24) is 14.7 Å². The Morgan fingerprint density at radius 1 is 0.625 bits per heavy atom. The molecule has 4 amide bonds. The van der Waals surface area contributed by atoms with Crippen LogP contribution in [0.5, 0.6) is 0 Å². The molecule has 1 aromatic carbocycles. The molecule has 174 valence electrons. The maximum atomic E-state index is 13.1. The van der Waals surface area contributed by atoms with Gasteiger partial charge in [0, 0.05) is 56.8 Å². The van der Waals surface area contributed by atoms with Crippen molar-refractivity contribution in [2.24, 2.45) is 11.8 Å². The van der Waals surface area contributed by atoms with E-state index in [4.69, 9.17) is 0 Å². The molecule has 0 spiro atoms. The lowest BCUT2D eigenvalue weighted by Crippen LogP contribution is -2.49. The van der Waals surface area contributed by atoms with E-state index < -0.39 is 0 Å². The second-order valence-electron chi connectivity index (χ2n) is 9.40. The number of amides is 4. The van der Waals surface area contributed by atoms with Crippen molar-refractivity contribution < 1.29 is 14.4 Å². The molecule has 0 bridgehead atoms. The maximum absolute atomic E-state index is 13.1. The van der Waals surface area contributed by atoms with Gasteiger partial charge in [-0.2, -0.15) is 0 Å². The Hall–Kier alpha value is -2.57. The Labute approximate surface area is 191 Å². The molecule has 0 aliphatic carbocycles. The molecule has 0 unspecified atom stereocenters. The van der Waals surface area contributed by atoms with E-state index in [-0.39, 0.29) is 23.8 Å². The molecule has 3 saturated heterocycles.